The third-order valence-electron chi connectivity index (χ3n) is 6.02. The van der Waals surface area contributed by atoms with Gasteiger partial charge >= 0.3 is 0 Å². The molecule has 0 unspecified atom stereocenters. The van der Waals surface area contributed by atoms with Crippen LogP contribution in [0, 0.1) is 20.8 Å². The number of hydrogen-bond donors (Lipinski definition) is 1. The van der Waals surface area contributed by atoms with E-state index in [0.29, 0.717) is 34.8 Å². The minimum Gasteiger partial charge on any atom is -0.322 e. The van der Waals surface area contributed by atoms with Crippen molar-refractivity contribution in [2.45, 2.75) is 45.4 Å². The van der Waals surface area contributed by atoms with Crippen molar-refractivity contribution < 1.29 is 13.2 Å². The maximum absolute atomic E-state index is 13.2. The molecule has 7 heteroatoms. The zero-order chi connectivity index (χ0) is 23.8. The maximum Gasteiger partial charge on any atom is 0.255 e. The van der Waals surface area contributed by atoms with Crippen molar-refractivity contribution in [2.24, 2.45) is 0 Å². The lowest BCUT2D eigenvalue weighted by Crippen LogP contribution is -2.33. The molecular formula is C26H27ClN2O3S. The van der Waals surface area contributed by atoms with E-state index in [9.17, 15) is 13.2 Å². The minimum absolute atomic E-state index is 0.219. The van der Waals surface area contributed by atoms with Crippen LogP contribution >= 0.6 is 11.6 Å². The Labute approximate surface area is 200 Å². The lowest BCUT2D eigenvalue weighted by atomic mass is 10.1. The molecule has 0 bridgehead atoms. The summed E-state index contributed by atoms with van der Waals surface area (Å²) in [5.41, 5.74) is 5.71. The van der Waals surface area contributed by atoms with Gasteiger partial charge in [0, 0.05) is 16.3 Å². The molecule has 0 heterocycles. The summed E-state index contributed by atoms with van der Waals surface area (Å²) in [5, 5.41) is 3.12. The number of anilines is 2. The summed E-state index contributed by atoms with van der Waals surface area (Å²) in [6.45, 7) is 6.11. The largest absolute Gasteiger partial charge is 0.322 e. The zero-order valence-corrected chi connectivity index (χ0v) is 20.5. The highest BCUT2D eigenvalue weighted by molar-refractivity contribution is 7.93. The van der Waals surface area contributed by atoms with Crippen LogP contribution in [0.2, 0.25) is 5.02 Å². The Hall–Kier alpha value is -2.83. The first kappa shape index (κ1) is 23.3. The molecule has 0 atom stereocenters. The Morgan fingerprint density at radius 1 is 0.939 bits per heavy atom. The van der Waals surface area contributed by atoms with Gasteiger partial charge in [0.25, 0.3) is 5.91 Å². The molecule has 4 rings (SSSR count). The predicted octanol–water partition coefficient (Wildman–Crippen LogP) is 6.02. The Morgan fingerprint density at radius 3 is 2.24 bits per heavy atom. The van der Waals surface area contributed by atoms with Crippen molar-refractivity contribution >= 4 is 38.9 Å². The summed E-state index contributed by atoms with van der Waals surface area (Å²) in [4.78, 5) is 12.7. The first-order chi connectivity index (χ1) is 15.6. The normalized spacial score (nSPS) is 13.6. The molecular weight excluding hydrogens is 456 g/mol. The van der Waals surface area contributed by atoms with Gasteiger partial charge in [0.05, 0.1) is 17.5 Å². The van der Waals surface area contributed by atoms with Crippen LogP contribution in [0.4, 0.5) is 11.4 Å². The van der Waals surface area contributed by atoms with Crippen LogP contribution in [-0.2, 0) is 16.6 Å². The summed E-state index contributed by atoms with van der Waals surface area (Å²) < 4.78 is 27.9. The van der Waals surface area contributed by atoms with Gasteiger partial charge in [0.2, 0.25) is 10.0 Å². The van der Waals surface area contributed by atoms with E-state index < -0.39 is 10.0 Å². The SMILES string of the molecule is Cc1ccc(N(Cc2ccc(C(=O)Nc3cc(Cl)ccc3C)cc2)S(=O)(=O)C2CC2)cc1C. The standard InChI is InChI=1S/C26H27ClN2O3S/c1-17-5-11-23(14-19(17)3)29(33(31,32)24-12-13-24)16-20-6-8-21(9-7-20)26(30)28-25-15-22(27)10-4-18(25)2/h4-11,14-15,24H,12-13,16H2,1-3H3,(H,28,30). The first-order valence-electron chi connectivity index (χ1n) is 10.9. The van der Waals surface area contributed by atoms with E-state index in [-0.39, 0.29) is 17.7 Å². The average molecular weight is 483 g/mol. The summed E-state index contributed by atoms with van der Waals surface area (Å²) in [5.74, 6) is -0.247. The van der Waals surface area contributed by atoms with Gasteiger partial charge in [0.1, 0.15) is 0 Å². The molecule has 1 saturated carbocycles. The van der Waals surface area contributed by atoms with Gasteiger partial charge in [-0.25, -0.2) is 8.42 Å². The lowest BCUT2D eigenvalue weighted by molar-refractivity contribution is 0.102. The van der Waals surface area contributed by atoms with E-state index in [4.69, 9.17) is 11.6 Å². The lowest BCUT2D eigenvalue weighted by Gasteiger charge is -2.25. The second kappa shape index (κ2) is 9.20. The number of carbonyl (C=O) groups excluding carboxylic acids is 1. The molecule has 5 nitrogen and oxygen atoms in total. The minimum atomic E-state index is -3.44. The van der Waals surface area contributed by atoms with Gasteiger partial charge < -0.3 is 5.32 Å². The molecule has 3 aromatic rings. The molecule has 0 aromatic heterocycles. The number of amides is 1. The van der Waals surface area contributed by atoms with Gasteiger partial charge in [0.15, 0.2) is 0 Å². The third kappa shape index (κ3) is 5.23. The highest BCUT2D eigenvalue weighted by Gasteiger charge is 2.40. The van der Waals surface area contributed by atoms with E-state index in [2.05, 4.69) is 5.32 Å². The van der Waals surface area contributed by atoms with Crippen LogP contribution in [0.3, 0.4) is 0 Å². The number of carbonyl (C=O) groups is 1. The van der Waals surface area contributed by atoms with Crippen molar-refractivity contribution in [1.29, 1.82) is 0 Å². The summed E-state index contributed by atoms with van der Waals surface area (Å²) in [6, 6.07) is 18.1. The average Bonchev–Trinajstić information content (AvgIpc) is 3.63. The van der Waals surface area contributed by atoms with E-state index in [1.807, 2.05) is 45.0 Å². The van der Waals surface area contributed by atoms with Gasteiger partial charge in [-0.2, -0.15) is 0 Å². The number of nitrogens with one attached hydrogen (secondary N) is 1. The van der Waals surface area contributed by atoms with Crippen molar-refractivity contribution in [3.8, 4) is 0 Å². The fraction of sp³-hybridized carbons (Fsp3) is 0.269. The Bertz CT molecular complexity index is 1300. The zero-order valence-electron chi connectivity index (χ0n) is 18.9. The van der Waals surface area contributed by atoms with Crippen molar-refractivity contribution in [1.82, 2.24) is 0 Å². The number of hydrogen-bond acceptors (Lipinski definition) is 3. The highest BCUT2D eigenvalue weighted by Crippen LogP contribution is 2.35. The van der Waals surface area contributed by atoms with Crippen LogP contribution in [0.1, 0.15) is 45.5 Å². The molecule has 172 valence electrons. The molecule has 0 radical (unpaired) electrons. The Morgan fingerprint density at radius 2 is 1.61 bits per heavy atom. The van der Waals surface area contributed by atoms with Crippen LogP contribution in [0.5, 0.6) is 0 Å². The molecule has 0 saturated heterocycles. The fourth-order valence-electron chi connectivity index (χ4n) is 3.61. The van der Waals surface area contributed by atoms with E-state index in [1.165, 1.54) is 4.31 Å². The fourth-order valence-corrected chi connectivity index (χ4v) is 5.61. The van der Waals surface area contributed by atoms with E-state index >= 15 is 0 Å². The van der Waals surface area contributed by atoms with Gasteiger partial charge in [-0.3, -0.25) is 9.10 Å². The molecule has 1 aliphatic carbocycles. The van der Waals surface area contributed by atoms with E-state index in [1.54, 1.807) is 36.4 Å². The topological polar surface area (TPSA) is 66.5 Å². The molecule has 1 amide bonds. The molecule has 1 N–H and O–H groups in total. The quantitative estimate of drug-likeness (QED) is 0.448. The van der Waals surface area contributed by atoms with Gasteiger partial charge in [-0.15, -0.1) is 0 Å². The van der Waals surface area contributed by atoms with Crippen molar-refractivity contribution in [2.75, 3.05) is 9.62 Å². The van der Waals surface area contributed by atoms with E-state index in [0.717, 1.165) is 22.3 Å². The number of aryl methyl sites for hydroxylation is 3. The van der Waals surface area contributed by atoms with Crippen molar-refractivity contribution in [3.05, 3.63) is 93.5 Å². The van der Waals surface area contributed by atoms with Crippen LogP contribution in [-0.4, -0.2) is 19.6 Å². The maximum atomic E-state index is 13.2. The van der Waals surface area contributed by atoms with Crippen LogP contribution < -0.4 is 9.62 Å². The molecule has 3 aromatic carbocycles. The molecule has 33 heavy (non-hydrogen) atoms. The number of nitrogens with zero attached hydrogens (tertiary/aromatic N) is 1. The summed E-state index contributed by atoms with van der Waals surface area (Å²) in [7, 11) is -3.44. The monoisotopic (exact) mass is 482 g/mol. The van der Waals surface area contributed by atoms with Crippen LogP contribution in [0.15, 0.2) is 60.7 Å². The molecule has 0 spiro atoms. The second-order valence-electron chi connectivity index (χ2n) is 8.63. The smallest absolute Gasteiger partial charge is 0.255 e. The number of halogens is 1. The summed E-state index contributed by atoms with van der Waals surface area (Å²) in [6.07, 6.45) is 1.40. The molecule has 1 aliphatic rings. The first-order valence-corrected chi connectivity index (χ1v) is 12.8. The third-order valence-corrected chi connectivity index (χ3v) is 8.52. The Kier molecular flexibility index (Phi) is 6.50. The van der Waals surface area contributed by atoms with Crippen LogP contribution in [0.25, 0.3) is 0 Å². The second-order valence-corrected chi connectivity index (χ2v) is 11.2. The number of rotatable bonds is 7. The number of benzene rings is 3. The van der Waals surface area contributed by atoms with Crippen molar-refractivity contribution in [3.63, 3.8) is 0 Å². The van der Waals surface area contributed by atoms with Gasteiger partial charge in [-0.1, -0.05) is 35.9 Å². The summed E-state index contributed by atoms with van der Waals surface area (Å²) >= 11 is 6.04. The predicted molar refractivity (Wildman–Crippen MR) is 135 cm³/mol. The Balaban J connectivity index is 1.55. The molecule has 0 aliphatic heterocycles. The number of sulfonamides is 1. The highest BCUT2D eigenvalue weighted by atomic mass is 35.5. The van der Waals surface area contributed by atoms with Gasteiger partial charge in [-0.05, 0) is 92.3 Å². The molecule has 1 fully saturated rings.